The molecular formula is C10H12FO. The van der Waals surface area contributed by atoms with Gasteiger partial charge in [-0.1, -0.05) is 13.8 Å². The highest BCUT2D eigenvalue weighted by molar-refractivity contribution is 5.21. The zero-order chi connectivity index (χ0) is 8.97. The summed E-state index contributed by atoms with van der Waals surface area (Å²) in [6.45, 7) is 4.70. The van der Waals surface area contributed by atoms with Crippen molar-refractivity contribution < 1.29 is 9.13 Å². The van der Waals surface area contributed by atoms with Crippen LogP contribution in [0.1, 0.15) is 13.8 Å². The van der Waals surface area contributed by atoms with Crippen LogP contribution in [-0.4, -0.2) is 6.61 Å². The molecule has 1 radical (unpaired) electrons. The van der Waals surface area contributed by atoms with Crippen molar-refractivity contribution in [1.29, 1.82) is 0 Å². The molecule has 0 spiro atoms. The first-order valence-corrected chi connectivity index (χ1v) is 3.98. The van der Waals surface area contributed by atoms with E-state index in [4.69, 9.17) is 4.74 Å². The molecule has 1 aromatic rings. The van der Waals surface area contributed by atoms with E-state index in [-0.39, 0.29) is 5.82 Å². The predicted octanol–water partition coefficient (Wildman–Crippen LogP) is 2.66. The Morgan fingerprint density at radius 3 is 2.83 bits per heavy atom. The first kappa shape index (κ1) is 9.04. The summed E-state index contributed by atoms with van der Waals surface area (Å²) in [4.78, 5) is 0. The minimum Gasteiger partial charge on any atom is -0.493 e. The van der Waals surface area contributed by atoms with Crippen molar-refractivity contribution in [3.05, 3.63) is 30.1 Å². The second-order valence-electron chi connectivity index (χ2n) is 3.09. The highest BCUT2D eigenvalue weighted by Gasteiger charge is 1.97. The SMILES string of the molecule is CC(C)COc1c[c]cc(F)c1. The molecule has 1 rings (SSSR count). The van der Waals surface area contributed by atoms with Crippen LogP contribution in [0.5, 0.6) is 5.75 Å². The fourth-order valence-electron chi connectivity index (χ4n) is 0.769. The molecule has 2 heteroatoms. The average Bonchev–Trinajstić information content (AvgIpc) is 2.01. The molecule has 0 aliphatic heterocycles. The van der Waals surface area contributed by atoms with Gasteiger partial charge in [0.25, 0.3) is 0 Å². The number of hydrogen-bond donors (Lipinski definition) is 0. The standard InChI is InChI=1S/C10H12FO/c1-8(2)7-12-10-5-3-4-9(11)6-10/h4-6,8H,7H2,1-2H3. The molecule has 12 heavy (non-hydrogen) atoms. The van der Waals surface area contributed by atoms with Crippen molar-refractivity contribution >= 4 is 0 Å². The molecule has 0 atom stereocenters. The Morgan fingerprint density at radius 2 is 2.25 bits per heavy atom. The number of hydrogen-bond acceptors (Lipinski definition) is 1. The van der Waals surface area contributed by atoms with Gasteiger partial charge >= 0.3 is 0 Å². The lowest BCUT2D eigenvalue weighted by atomic mass is 10.2. The van der Waals surface area contributed by atoms with Gasteiger partial charge in [0, 0.05) is 6.07 Å². The lowest BCUT2D eigenvalue weighted by molar-refractivity contribution is 0.270. The largest absolute Gasteiger partial charge is 0.493 e. The molecule has 65 valence electrons. The van der Waals surface area contributed by atoms with Crippen LogP contribution in [0, 0.1) is 17.8 Å². The van der Waals surface area contributed by atoms with Gasteiger partial charge in [0.2, 0.25) is 0 Å². The Labute approximate surface area is 72.2 Å². The quantitative estimate of drug-likeness (QED) is 0.672. The minimum absolute atomic E-state index is 0.309. The van der Waals surface area contributed by atoms with Crippen molar-refractivity contribution in [1.82, 2.24) is 0 Å². The van der Waals surface area contributed by atoms with Crippen molar-refractivity contribution in [3.63, 3.8) is 0 Å². The molecular weight excluding hydrogens is 155 g/mol. The summed E-state index contributed by atoms with van der Waals surface area (Å²) in [5.74, 6) is 0.688. The maximum absolute atomic E-state index is 12.6. The highest BCUT2D eigenvalue weighted by atomic mass is 19.1. The molecule has 0 saturated carbocycles. The first-order chi connectivity index (χ1) is 5.68. The maximum Gasteiger partial charge on any atom is 0.127 e. The molecule has 0 bridgehead atoms. The molecule has 1 aromatic carbocycles. The highest BCUT2D eigenvalue weighted by Crippen LogP contribution is 2.12. The van der Waals surface area contributed by atoms with Crippen LogP contribution in [0.15, 0.2) is 18.2 Å². The van der Waals surface area contributed by atoms with Gasteiger partial charge in [-0.15, -0.1) is 0 Å². The fourth-order valence-corrected chi connectivity index (χ4v) is 0.769. The Bertz CT molecular complexity index is 245. The number of halogens is 1. The van der Waals surface area contributed by atoms with E-state index in [9.17, 15) is 4.39 Å². The van der Waals surface area contributed by atoms with Crippen molar-refractivity contribution in [2.75, 3.05) is 6.61 Å². The molecule has 0 aliphatic carbocycles. The summed E-state index contributed by atoms with van der Waals surface area (Å²) >= 11 is 0. The van der Waals surface area contributed by atoms with E-state index < -0.39 is 0 Å². The topological polar surface area (TPSA) is 9.23 Å². The van der Waals surface area contributed by atoms with Crippen LogP contribution in [0.25, 0.3) is 0 Å². The van der Waals surface area contributed by atoms with E-state index >= 15 is 0 Å². The summed E-state index contributed by atoms with van der Waals surface area (Å²) in [6.07, 6.45) is 0. The second-order valence-corrected chi connectivity index (χ2v) is 3.09. The fraction of sp³-hybridized carbons (Fsp3) is 0.400. The summed E-state index contributed by atoms with van der Waals surface area (Å²) in [7, 11) is 0. The van der Waals surface area contributed by atoms with Gasteiger partial charge in [-0.2, -0.15) is 0 Å². The Hall–Kier alpha value is -1.05. The first-order valence-electron chi connectivity index (χ1n) is 3.98. The van der Waals surface area contributed by atoms with Gasteiger partial charge in [-0.05, 0) is 24.1 Å². The van der Waals surface area contributed by atoms with E-state index in [0.29, 0.717) is 18.3 Å². The normalized spacial score (nSPS) is 10.3. The predicted molar refractivity (Wildman–Crippen MR) is 45.6 cm³/mol. The van der Waals surface area contributed by atoms with Crippen molar-refractivity contribution in [3.8, 4) is 5.75 Å². The molecule has 0 N–H and O–H groups in total. The molecule has 0 heterocycles. The van der Waals surface area contributed by atoms with Crippen LogP contribution < -0.4 is 4.74 Å². The lowest BCUT2D eigenvalue weighted by Crippen LogP contribution is -2.04. The van der Waals surface area contributed by atoms with E-state index in [0.717, 1.165) is 0 Å². The summed E-state index contributed by atoms with van der Waals surface area (Å²) in [5.41, 5.74) is 0. The molecule has 0 aliphatic rings. The summed E-state index contributed by atoms with van der Waals surface area (Å²) in [6, 6.07) is 6.92. The van der Waals surface area contributed by atoms with Gasteiger partial charge in [-0.3, -0.25) is 0 Å². The number of rotatable bonds is 3. The van der Waals surface area contributed by atoms with Crippen LogP contribution in [-0.2, 0) is 0 Å². The van der Waals surface area contributed by atoms with Gasteiger partial charge in [0.05, 0.1) is 6.61 Å². The van der Waals surface area contributed by atoms with Crippen LogP contribution in [0.4, 0.5) is 4.39 Å². The molecule has 0 unspecified atom stereocenters. The molecule has 0 saturated heterocycles. The third-order valence-electron chi connectivity index (χ3n) is 1.31. The molecule has 0 aromatic heterocycles. The van der Waals surface area contributed by atoms with Crippen LogP contribution in [0.2, 0.25) is 0 Å². The van der Waals surface area contributed by atoms with Gasteiger partial charge in [0.1, 0.15) is 11.6 Å². The second kappa shape index (κ2) is 4.10. The molecule has 1 nitrogen and oxygen atoms in total. The summed E-state index contributed by atoms with van der Waals surface area (Å²) in [5, 5.41) is 0. The third kappa shape index (κ3) is 2.91. The van der Waals surface area contributed by atoms with Gasteiger partial charge in [-0.25, -0.2) is 4.39 Å². The monoisotopic (exact) mass is 167 g/mol. The Morgan fingerprint density at radius 1 is 1.50 bits per heavy atom. The number of benzene rings is 1. The minimum atomic E-state index is -0.309. The van der Waals surface area contributed by atoms with Crippen LogP contribution >= 0.6 is 0 Å². The van der Waals surface area contributed by atoms with Crippen molar-refractivity contribution in [2.45, 2.75) is 13.8 Å². The smallest absolute Gasteiger partial charge is 0.127 e. The molecule has 0 fully saturated rings. The zero-order valence-electron chi connectivity index (χ0n) is 7.30. The zero-order valence-corrected chi connectivity index (χ0v) is 7.30. The van der Waals surface area contributed by atoms with Gasteiger partial charge < -0.3 is 4.74 Å². The van der Waals surface area contributed by atoms with Gasteiger partial charge in [0.15, 0.2) is 0 Å². The van der Waals surface area contributed by atoms with Crippen molar-refractivity contribution in [2.24, 2.45) is 5.92 Å². The van der Waals surface area contributed by atoms with Crippen LogP contribution in [0.3, 0.4) is 0 Å². The van der Waals surface area contributed by atoms with E-state index in [1.54, 1.807) is 6.07 Å². The molecule has 0 amide bonds. The average molecular weight is 167 g/mol. The maximum atomic E-state index is 12.6. The summed E-state index contributed by atoms with van der Waals surface area (Å²) < 4.78 is 17.9. The lowest BCUT2D eigenvalue weighted by Gasteiger charge is -2.07. The third-order valence-corrected chi connectivity index (χ3v) is 1.31. The Kier molecular flexibility index (Phi) is 3.09. The van der Waals surface area contributed by atoms with E-state index in [1.165, 1.54) is 12.1 Å². The number of ether oxygens (including phenoxy) is 1. The van der Waals surface area contributed by atoms with E-state index in [1.807, 2.05) is 13.8 Å². The van der Waals surface area contributed by atoms with E-state index in [2.05, 4.69) is 6.07 Å². The Balaban J connectivity index is 2.52.